The zero-order valence-electron chi connectivity index (χ0n) is 33.1. The zero-order valence-corrected chi connectivity index (χ0v) is 34.7. The first kappa shape index (κ1) is 40.8. The molecule has 14 nitrogen and oxygen atoms in total. The first-order valence-electron chi connectivity index (χ1n) is 20.5. The van der Waals surface area contributed by atoms with Crippen LogP contribution in [0.25, 0.3) is 21.8 Å². The molecule has 8 rings (SSSR count). The van der Waals surface area contributed by atoms with E-state index in [0.29, 0.717) is 53.9 Å². The van der Waals surface area contributed by atoms with Crippen LogP contribution in [-0.2, 0) is 24.4 Å². The van der Waals surface area contributed by atoms with Crippen molar-refractivity contribution in [2.75, 3.05) is 60.4 Å². The highest BCUT2D eigenvalue weighted by Gasteiger charge is 2.38. The number of hydrogen-bond donors (Lipinski definition) is 3. The van der Waals surface area contributed by atoms with Crippen molar-refractivity contribution in [1.82, 2.24) is 30.1 Å². The smallest absolute Gasteiger partial charge is 0.234 e. The second-order valence-corrected chi connectivity index (χ2v) is 19.0. The molecule has 0 radical (unpaired) electrons. The van der Waals surface area contributed by atoms with Gasteiger partial charge in [-0.2, -0.15) is 0 Å². The normalized spacial score (nSPS) is 20.1. The molecular formula is C42H50FN9O5S2. The van der Waals surface area contributed by atoms with Crippen LogP contribution in [0.15, 0.2) is 54.7 Å². The predicted molar refractivity (Wildman–Crippen MR) is 226 cm³/mol. The monoisotopic (exact) mass is 843 g/mol. The molecule has 0 unspecified atom stereocenters. The number of rotatable bonds is 12. The summed E-state index contributed by atoms with van der Waals surface area (Å²) in [4.78, 5) is 58.0. The van der Waals surface area contributed by atoms with Crippen LogP contribution in [0, 0.1) is 11.7 Å². The number of hydrogen-bond acceptors (Lipinski definition) is 12. The maximum Gasteiger partial charge on any atom is 0.234 e. The summed E-state index contributed by atoms with van der Waals surface area (Å²) < 4.78 is 43.5. The van der Waals surface area contributed by atoms with Crippen LogP contribution in [0.3, 0.4) is 0 Å². The van der Waals surface area contributed by atoms with Crippen molar-refractivity contribution >= 4 is 56.4 Å². The van der Waals surface area contributed by atoms with Crippen LogP contribution >= 0.6 is 11.3 Å². The van der Waals surface area contributed by atoms with Crippen molar-refractivity contribution in [1.29, 1.82) is 0 Å². The first-order chi connectivity index (χ1) is 28.4. The van der Waals surface area contributed by atoms with Crippen molar-refractivity contribution in [2.24, 2.45) is 5.92 Å². The number of benzene rings is 2. The van der Waals surface area contributed by atoms with Gasteiger partial charge in [0.25, 0.3) is 0 Å². The number of halogens is 1. The molecular weight excluding hydrogens is 794 g/mol. The molecule has 1 atom stereocenters. The van der Waals surface area contributed by atoms with Gasteiger partial charge in [0.05, 0.1) is 38.6 Å². The number of piperidine rings is 3. The molecule has 4 aromatic rings. The second kappa shape index (κ2) is 17.3. The van der Waals surface area contributed by atoms with Crippen LogP contribution in [0.1, 0.15) is 80.7 Å². The SMILES string of the molecule is CCCS(=O)(=O)Nc1cccc(-c2nc(C3CCN(C4CN(C(=O)CC5CCN(c6ccc([C@H]7CCC(=O)NC7=O)cc6)CC5)C4)CC3)sc2-c2ccnc(N)n2)c1F. The maximum absolute atomic E-state index is 16.0. The standard InChI is InChI=1S/C42H50FN9O5S2/c1-2-22-59(56,57)49-33-5-3-4-32(37(33)43)38-39(34-12-17-45-42(44)46-34)58-41(48-38)28-15-20-51(21-16-28)30-24-52(25-30)36(54)23-26-13-18-50(19-14-26)29-8-6-27(7-9-29)31-10-11-35(53)47-40(31)55/h3-9,12,17,26,28,30-31,49H,2,10-11,13-16,18-25H2,1H3,(H2,44,45,46)(H,47,53,55)/t31-/m1/s1. The Balaban J connectivity index is 0.835. The Morgan fingerprint density at radius 3 is 2.42 bits per heavy atom. The molecule has 59 heavy (non-hydrogen) atoms. The Morgan fingerprint density at radius 1 is 0.983 bits per heavy atom. The molecule has 4 saturated heterocycles. The predicted octanol–water partition coefficient (Wildman–Crippen LogP) is 5.36. The van der Waals surface area contributed by atoms with Gasteiger partial charge in [0.1, 0.15) is 0 Å². The lowest BCUT2D eigenvalue weighted by Crippen LogP contribution is -2.62. The molecule has 6 heterocycles. The van der Waals surface area contributed by atoms with E-state index in [1.165, 1.54) is 17.4 Å². The van der Waals surface area contributed by atoms with Crippen LogP contribution in [-0.4, -0.2) is 102 Å². The molecule has 312 valence electrons. The Kier molecular flexibility index (Phi) is 12.0. The van der Waals surface area contributed by atoms with Crippen LogP contribution in [0.5, 0.6) is 0 Å². The maximum atomic E-state index is 16.0. The number of aromatic nitrogens is 3. The lowest BCUT2D eigenvalue weighted by molar-refractivity contribution is -0.140. The number of imide groups is 1. The number of anilines is 3. The highest BCUT2D eigenvalue weighted by atomic mass is 32.2. The number of nitrogens with zero attached hydrogens (tertiary/aromatic N) is 6. The molecule has 0 aliphatic carbocycles. The topological polar surface area (TPSA) is 184 Å². The molecule has 0 spiro atoms. The molecule has 4 aliphatic rings. The third kappa shape index (κ3) is 9.11. The highest BCUT2D eigenvalue weighted by Crippen LogP contribution is 2.43. The van der Waals surface area contributed by atoms with E-state index in [0.717, 1.165) is 81.2 Å². The number of nitrogen functional groups attached to an aromatic ring is 1. The summed E-state index contributed by atoms with van der Waals surface area (Å²) in [5.41, 5.74) is 8.94. The summed E-state index contributed by atoms with van der Waals surface area (Å²) in [6.45, 7) is 6.70. The largest absolute Gasteiger partial charge is 0.372 e. The van der Waals surface area contributed by atoms with Crippen LogP contribution < -0.4 is 20.7 Å². The molecule has 4 aliphatic heterocycles. The third-order valence-corrected chi connectivity index (χ3v) is 14.8. The van der Waals surface area contributed by atoms with E-state index < -0.39 is 15.8 Å². The lowest BCUT2D eigenvalue weighted by Gasteiger charge is -2.48. The van der Waals surface area contributed by atoms with E-state index in [1.807, 2.05) is 17.0 Å². The summed E-state index contributed by atoms with van der Waals surface area (Å²) in [6, 6.07) is 14.8. The summed E-state index contributed by atoms with van der Waals surface area (Å²) in [7, 11) is -3.71. The molecule has 0 saturated carbocycles. The Morgan fingerprint density at radius 2 is 1.73 bits per heavy atom. The van der Waals surface area contributed by atoms with Gasteiger partial charge in [-0.05, 0) is 93.4 Å². The van der Waals surface area contributed by atoms with Crippen molar-refractivity contribution in [3.8, 4) is 21.8 Å². The molecule has 4 fully saturated rings. The minimum atomic E-state index is -3.71. The van der Waals surface area contributed by atoms with Gasteiger partial charge in [-0.3, -0.25) is 29.3 Å². The Hall–Kier alpha value is -5.00. The Bertz CT molecular complexity index is 2300. The quantitative estimate of drug-likeness (QED) is 0.156. The zero-order chi connectivity index (χ0) is 41.3. The van der Waals surface area contributed by atoms with Gasteiger partial charge in [0, 0.05) is 68.4 Å². The number of carbonyl (C=O) groups excluding carboxylic acids is 3. The highest BCUT2D eigenvalue weighted by molar-refractivity contribution is 7.92. The molecule has 4 N–H and O–H groups in total. The number of thiazole rings is 1. The van der Waals surface area contributed by atoms with Crippen LogP contribution in [0.4, 0.5) is 21.7 Å². The van der Waals surface area contributed by atoms with Crippen molar-refractivity contribution in [3.63, 3.8) is 0 Å². The molecule has 2 aromatic heterocycles. The number of carbonyl (C=O) groups is 3. The van der Waals surface area contributed by atoms with E-state index >= 15 is 4.39 Å². The molecule has 0 bridgehead atoms. The summed E-state index contributed by atoms with van der Waals surface area (Å²) in [6.07, 6.45) is 7.04. The van der Waals surface area contributed by atoms with E-state index in [9.17, 15) is 22.8 Å². The molecule has 2 aromatic carbocycles. The fraction of sp³-hybridized carbons (Fsp3) is 0.476. The average Bonchev–Trinajstić information content (AvgIpc) is 3.64. The number of nitrogens with two attached hydrogens (primary N) is 1. The van der Waals surface area contributed by atoms with Gasteiger partial charge < -0.3 is 15.5 Å². The fourth-order valence-corrected chi connectivity index (χ4v) is 11.1. The molecule has 3 amide bonds. The third-order valence-electron chi connectivity index (χ3n) is 12.1. The van der Waals surface area contributed by atoms with Gasteiger partial charge >= 0.3 is 0 Å². The number of likely N-dealkylation sites (tertiary alicyclic amines) is 2. The summed E-state index contributed by atoms with van der Waals surface area (Å²) >= 11 is 1.45. The Labute approximate surface area is 347 Å². The van der Waals surface area contributed by atoms with E-state index in [-0.39, 0.29) is 52.5 Å². The minimum absolute atomic E-state index is 0.0874. The van der Waals surface area contributed by atoms with Crippen molar-refractivity contribution in [3.05, 3.63) is 71.1 Å². The van der Waals surface area contributed by atoms with E-state index in [4.69, 9.17) is 10.7 Å². The van der Waals surface area contributed by atoms with E-state index in [1.54, 1.807) is 31.3 Å². The van der Waals surface area contributed by atoms with Crippen LogP contribution in [0.2, 0.25) is 0 Å². The molecule has 17 heteroatoms. The van der Waals surface area contributed by atoms with Gasteiger partial charge in [0.15, 0.2) is 5.82 Å². The lowest BCUT2D eigenvalue weighted by atomic mass is 9.89. The average molecular weight is 844 g/mol. The number of amides is 3. The van der Waals surface area contributed by atoms with E-state index in [2.05, 4.69) is 41.9 Å². The van der Waals surface area contributed by atoms with Gasteiger partial charge in [-0.1, -0.05) is 25.1 Å². The fourth-order valence-electron chi connectivity index (χ4n) is 8.75. The number of nitrogens with one attached hydrogen (secondary N) is 2. The number of sulfonamides is 1. The second-order valence-electron chi connectivity index (χ2n) is 16.1. The van der Waals surface area contributed by atoms with Gasteiger partial charge in [0.2, 0.25) is 33.7 Å². The first-order valence-corrected chi connectivity index (χ1v) is 23.0. The minimum Gasteiger partial charge on any atom is -0.372 e. The summed E-state index contributed by atoms with van der Waals surface area (Å²) in [5.74, 6) is -0.730. The van der Waals surface area contributed by atoms with Gasteiger partial charge in [-0.15, -0.1) is 11.3 Å². The van der Waals surface area contributed by atoms with Crippen molar-refractivity contribution in [2.45, 2.75) is 76.2 Å². The van der Waals surface area contributed by atoms with Gasteiger partial charge in [-0.25, -0.2) is 27.8 Å². The summed E-state index contributed by atoms with van der Waals surface area (Å²) in [5, 5.41) is 3.30. The van der Waals surface area contributed by atoms with Crippen molar-refractivity contribution < 1.29 is 27.2 Å².